The second-order valence-electron chi connectivity index (χ2n) is 6.14. The number of rotatable bonds is 4. The summed E-state index contributed by atoms with van der Waals surface area (Å²) in [6.07, 6.45) is 7.97. The number of urea groups is 1. The van der Waals surface area contributed by atoms with Crippen LogP contribution in [0.4, 0.5) is 4.79 Å². The van der Waals surface area contributed by atoms with Crippen LogP contribution in [0.3, 0.4) is 0 Å². The van der Waals surface area contributed by atoms with Gasteiger partial charge in [-0.05, 0) is 38.0 Å². The molecule has 1 aliphatic heterocycles. The van der Waals surface area contributed by atoms with Crippen molar-refractivity contribution in [2.24, 2.45) is 5.92 Å². The van der Waals surface area contributed by atoms with Crippen molar-refractivity contribution in [2.75, 3.05) is 13.1 Å². The van der Waals surface area contributed by atoms with E-state index in [0.717, 1.165) is 6.42 Å². The predicted molar refractivity (Wildman–Crippen MR) is 76.6 cm³/mol. The Morgan fingerprint density at radius 1 is 1.25 bits per heavy atom. The lowest BCUT2D eigenvalue weighted by Gasteiger charge is -2.34. The van der Waals surface area contributed by atoms with Crippen molar-refractivity contribution < 1.29 is 14.7 Å². The summed E-state index contributed by atoms with van der Waals surface area (Å²) in [5.41, 5.74) is -0.989. The number of carboxylic acids is 1. The molecule has 20 heavy (non-hydrogen) atoms. The Bertz CT molecular complexity index is 366. The van der Waals surface area contributed by atoms with E-state index < -0.39 is 11.5 Å². The highest BCUT2D eigenvalue weighted by Crippen LogP contribution is 2.33. The van der Waals surface area contributed by atoms with Crippen molar-refractivity contribution >= 4 is 12.0 Å². The van der Waals surface area contributed by atoms with Crippen molar-refractivity contribution in [1.82, 2.24) is 10.2 Å². The molecule has 2 rings (SSSR count). The Labute approximate surface area is 120 Å². The molecule has 0 bridgehead atoms. The van der Waals surface area contributed by atoms with E-state index in [1.165, 1.54) is 37.0 Å². The topological polar surface area (TPSA) is 69.6 Å². The van der Waals surface area contributed by atoms with Crippen LogP contribution in [0.25, 0.3) is 0 Å². The Kier molecular flexibility index (Phi) is 4.89. The molecule has 2 aliphatic rings. The number of likely N-dealkylation sites (tertiary alicyclic amines) is 1. The highest BCUT2D eigenvalue weighted by atomic mass is 16.4. The SMILES string of the molecule is CCC1(C(=O)O)CCCN1C(=O)NCC1CCCCC1. The number of hydrogen-bond acceptors (Lipinski definition) is 2. The summed E-state index contributed by atoms with van der Waals surface area (Å²) < 4.78 is 0. The summed E-state index contributed by atoms with van der Waals surface area (Å²) in [6.45, 7) is 3.09. The van der Waals surface area contributed by atoms with Gasteiger partial charge in [0.2, 0.25) is 0 Å². The third-order valence-corrected chi connectivity index (χ3v) is 4.98. The van der Waals surface area contributed by atoms with E-state index >= 15 is 0 Å². The van der Waals surface area contributed by atoms with Gasteiger partial charge >= 0.3 is 12.0 Å². The van der Waals surface area contributed by atoms with Gasteiger partial charge in [-0.25, -0.2) is 9.59 Å². The second kappa shape index (κ2) is 6.46. The fourth-order valence-corrected chi connectivity index (χ4v) is 3.63. The van der Waals surface area contributed by atoms with Gasteiger partial charge in [-0.15, -0.1) is 0 Å². The molecule has 1 saturated carbocycles. The largest absolute Gasteiger partial charge is 0.479 e. The molecule has 2 amide bonds. The van der Waals surface area contributed by atoms with E-state index in [9.17, 15) is 14.7 Å². The number of carbonyl (C=O) groups excluding carboxylic acids is 1. The standard InChI is InChI=1S/C15H26N2O3/c1-2-15(13(18)19)9-6-10-17(15)14(20)16-11-12-7-4-3-5-8-12/h12H,2-11H2,1H3,(H,16,20)(H,18,19). The minimum atomic E-state index is -0.989. The van der Waals surface area contributed by atoms with Gasteiger partial charge in [0.1, 0.15) is 5.54 Å². The van der Waals surface area contributed by atoms with Gasteiger partial charge in [-0.2, -0.15) is 0 Å². The molecular weight excluding hydrogens is 256 g/mol. The van der Waals surface area contributed by atoms with Crippen molar-refractivity contribution in [3.8, 4) is 0 Å². The van der Waals surface area contributed by atoms with Gasteiger partial charge in [0.25, 0.3) is 0 Å². The van der Waals surface area contributed by atoms with E-state index in [-0.39, 0.29) is 6.03 Å². The average Bonchev–Trinajstić information content (AvgIpc) is 2.91. The van der Waals surface area contributed by atoms with Crippen LogP contribution in [0.5, 0.6) is 0 Å². The Morgan fingerprint density at radius 3 is 2.55 bits per heavy atom. The molecule has 114 valence electrons. The summed E-state index contributed by atoms with van der Waals surface area (Å²) >= 11 is 0. The minimum Gasteiger partial charge on any atom is -0.479 e. The molecule has 1 saturated heterocycles. The molecule has 0 spiro atoms. The fourth-order valence-electron chi connectivity index (χ4n) is 3.63. The number of aliphatic carboxylic acids is 1. The molecule has 0 radical (unpaired) electrons. The maximum atomic E-state index is 12.3. The molecular formula is C15H26N2O3. The molecule has 5 nitrogen and oxygen atoms in total. The van der Waals surface area contributed by atoms with Gasteiger partial charge in [0.15, 0.2) is 0 Å². The third-order valence-electron chi connectivity index (χ3n) is 4.98. The second-order valence-corrected chi connectivity index (χ2v) is 6.14. The summed E-state index contributed by atoms with van der Waals surface area (Å²) in [7, 11) is 0. The Morgan fingerprint density at radius 2 is 1.95 bits per heavy atom. The quantitative estimate of drug-likeness (QED) is 0.832. The highest BCUT2D eigenvalue weighted by molar-refractivity contribution is 5.87. The number of amides is 2. The van der Waals surface area contributed by atoms with Gasteiger partial charge in [-0.1, -0.05) is 26.2 Å². The van der Waals surface area contributed by atoms with E-state index in [0.29, 0.717) is 31.8 Å². The molecule has 1 heterocycles. The minimum absolute atomic E-state index is 0.197. The zero-order valence-corrected chi connectivity index (χ0v) is 12.4. The molecule has 1 atom stereocenters. The summed E-state index contributed by atoms with van der Waals surface area (Å²) in [4.78, 5) is 25.4. The first-order chi connectivity index (χ1) is 9.60. The van der Waals surface area contributed by atoms with E-state index in [1.54, 1.807) is 0 Å². The Balaban J connectivity index is 1.92. The van der Waals surface area contributed by atoms with Crippen LogP contribution < -0.4 is 5.32 Å². The van der Waals surface area contributed by atoms with Crippen molar-refractivity contribution in [1.29, 1.82) is 0 Å². The predicted octanol–water partition coefficient (Wildman–Crippen LogP) is 2.61. The molecule has 1 aliphatic carbocycles. The zero-order valence-electron chi connectivity index (χ0n) is 12.4. The van der Waals surface area contributed by atoms with E-state index in [2.05, 4.69) is 5.32 Å². The molecule has 5 heteroatoms. The van der Waals surface area contributed by atoms with Crippen LogP contribution in [0.2, 0.25) is 0 Å². The molecule has 0 aromatic heterocycles. The Hall–Kier alpha value is -1.26. The highest BCUT2D eigenvalue weighted by Gasteiger charge is 2.48. The third kappa shape index (κ3) is 2.91. The van der Waals surface area contributed by atoms with Crippen LogP contribution in [0.15, 0.2) is 0 Å². The molecule has 0 aromatic rings. The monoisotopic (exact) mass is 282 g/mol. The van der Waals surface area contributed by atoms with E-state index in [4.69, 9.17) is 0 Å². The molecule has 0 aromatic carbocycles. The maximum absolute atomic E-state index is 12.3. The number of carbonyl (C=O) groups is 2. The number of nitrogens with one attached hydrogen (secondary N) is 1. The normalized spacial score (nSPS) is 27.6. The van der Waals surface area contributed by atoms with Gasteiger partial charge in [0, 0.05) is 13.1 Å². The smallest absolute Gasteiger partial charge is 0.329 e. The lowest BCUT2D eigenvalue weighted by molar-refractivity contribution is -0.148. The van der Waals surface area contributed by atoms with Gasteiger partial charge < -0.3 is 15.3 Å². The fraction of sp³-hybridized carbons (Fsp3) is 0.867. The van der Waals surface area contributed by atoms with E-state index in [1.807, 2.05) is 6.92 Å². The maximum Gasteiger partial charge on any atom is 0.329 e. The lowest BCUT2D eigenvalue weighted by atomic mass is 9.89. The zero-order chi connectivity index (χ0) is 14.6. The lowest BCUT2D eigenvalue weighted by Crippen LogP contribution is -2.56. The van der Waals surface area contributed by atoms with Gasteiger partial charge in [0.05, 0.1) is 0 Å². The average molecular weight is 282 g/mol. The number of nitrogens with zero attached hydrogens (tertiary/aromatic N) is 1. The van der Waals surface area contributed by atoms with Crippen LogP contribution in [-0.4, -0.2) is 40.6 Å². The van der Waals surface area contributed by atoms with Crippen molar-refractivity contribution in [3.63, 3.8) is 0 Å². The first-order valence-electron chi connectivity index (χ1n) is 7.89. The number of hydrogen-bond donors (Lipinski definition) is 2. The van der Waals surface area contributed by atoms with Crippen LogP contribution in [-0.2, 0) is 4.79 Å². The summed E-state index contributed by atoms with van der Waals surface area (Å²) in [5.74, 6) is -0.304. The first-order valence-corrected chi connectivity index (χ1v) is 7.89. The number of carboxylic acid groups (broad SMARTS) is 1. The summed E-state index contributed by atoms with van der Waals surface area (Å²) in [6, 6.07) is -0.197. The van der Waals surface area contributed by atoms with Gasteiger partial charge in [-0.3, -0.25) is 0 Å². The van der Waals surface area contributed by atoms with Crippen LogP contribution in [0, 0.1) is 5.92 Å². The molecule has 2 N–H and O–H groups in total. The first kappa shape index (κ1) is 15.1. The van der Waals surface area contributed by atoms with Crippen LogP contribution in [0.1, 0.15) is 58.3 Å². The molecule has 2 fully saturated rings. The summed E-state index contributed by atoms with van der Waals surface area (Å²) in [5, 5.41) is 12.4. The van der Waals surface area contributed by atoms with Crippen LogP contribution >= 0.6 is 0 Å². The molecule has 1 unspecified atom stereocenters. The van der Waals surface area contributed by atoms with Crippen molar-refractivity contribution in [3.05, 3.63) is 0 Å². The van der Waals surface area contributed by atoms with Crippen molar-refractivity contribution in [2.45, 2.75) is 63.8 Å².